The van der Waals surface area contributed by atoms with E-state index in [1.54, 1.807) is 0 Å². The molecule has 0 spiro atoms. The molecule has 2 aromatic rings. The van der Waals surface area contributed by atoms with Gasteiger partial charge in [-0.2, -0.15) is 0 Å². The van der Waals surface area contributed by atoms with E-state index >= 15 is 0 Å². The number of amides is 1. The number of hydrogen-bond donors (Lipinski definition) is 1. The van der Waals surface area contributed by atoms with Crippen LogP contribution in [0.4, 0.5) is 5.69 Å². The molecule has 0 aliphatic rings. The average molecular weight is 377 g/mol. The van der Waals surface area contributed by atoms with Crippen LogP contribution in [0.3, 0.4) is 0 Å². The van der Waals surface area contributed by atoms with Crippen molar-refractivity contribution >= 4 is 29.2 Å². The number of nitro groups is 1. The van der Waals surface area contributed by atoms with Crippen molar-refractivity contribution < 1.29 is 19.2 Å². The third-order valence-electron chi connectivity index (χ3n) is 3.51. The van der Waals surface area contributed by atoms with E-state index in [1.165, 1.54) is 12.1 Å². The highest BCUT2D eigenvalue weighted by atomic mass is 35.5. The first-order valence-electron chi connectivity index (χ1n) is 7.89. The molecular formula is C18H17ClN2O5. The summed E-state index contributed by atoms with van der Waals surface area (Å²) < 4.78 is 5.05. The van der Waals surface area contributed by atoms with Crippen molar-refractivity contribution in [2.24, 2.45) is 0 Å². The van der Waals surface area contributed by atoms with Crippen molar-refractivity contribution in [2.75, 3.05) is 13.2 Å². The molecule has 0 heterocycles. The first-order chi connectivity index (χ1) is 12.5. The van der Waals surface area contributed by atoms with E-state index in [1.807, 2.05) is 30.3 Å². The van der Waals surface area contributed by atoms with Gasteiger partial charge in [0.05, 0.1) is 11.5 Å². The highest BCUT2D eigenvalue weighted by Gasteiger charge is 2.16. The quantitative estimate of drug-likeness (QED) is 0.330. The van der Waals surface area contributed by atoms with Crippen molar-refractivity contribution in [3.63, 3.8) is 0 Å². The van der Waals surface area contributed by atoms with Gasteiger partial charge in [0.2, 0.25) is 0 Å². The minimum Gasteiger partial charge on any atom is -0.464 e. The number of nitro benzene ring substituents is 1. The zero-order chi connectivity index (χ0) is 18.9. The molecule has 136 valence electrons. The molecule has 1 N–H and O–H groups in total. The molecule has 0 aliphatic carbocycles. The lowest BCUT2D eigenvalue weighted by Crippen LogP contribution is -2.30. The van der Waals surface area contributed by atoms with Crippen LogP contribution in [0.15, 0.2) is 48.5 Å². The summed E-state index contributed by atoms with van der Waals surface area (Å²) in [7, 11) is 0. The van der Waals surface area contributed by atoms with Gasteiger partial charge >= 0.3 is 5.97 Å². The van der Waals surface area contributed by atoms with E-state index in [0.29, 0.717) is 6.42 Å². The van der Waals surface area contributed by atoms with E-state index in [-0.39, 0.29) is 29.4 Å². The van der Waals surface area contributed by atoms with Gasteiger partial charge < -0.3 is 10.1 Å². The number of nitrogens with one attached hydrogen (secondary N) is 1. The summed E-state index contributed by atoms with van der Waals surface area (Å²) in [6, 6.07) is 13.5. The third kappa shape index (κ3) is 5.86. The standard InChI is InChI=1S/C18H17ClN2O5/c19-15-9-8-14(11-16(15)21(24)25)18(23)20-12-17(22)26-10-4-7-13-5-2-1-3-6-13/h1-3,5-6,8-9,11H,4,7,10,12H2,(H,20,23). The van der Waals surface area contributed by atoms with Crippen LogP contribution in [0.1, 0.15) is 22.3 Å². The molecule has 8 heteroatoms. The van der Waals surface area contributed by atoms with Gasteiger partial charge in [0.25, 0.3) is 11.6 Å². The molecule has 7 nitrogen and oxygen atoms in total. The van der Waals surface area contributed by atoms with Crippen LogP contribution >= 0.6 is 11.6 Å². The zero-order valence-corrected chi connectivity index (χ0v) is 14.6. The molecule has 0 fully saturated rings. The fraction of sp³-hybridized carbons (Fsp3) is 0.222. The Labute approximate surface area is 155 Å². The van der Waals surface area contributed by atoms with Crippen molar-refractivity contribution in [3.05, 3.63) is 74.8 Å². The number of nitrogens with zero attached hydrogens (tertiary/aromatic N) is 1. The van der Waals surface area contributed by atoms with Gasteiger partial charge in [0, 0.05) is 11.6 Å². The van der Waals surface area contributed by atoms with Crippen LogP contribution in [-0.2, 0) is 16.0 Å². The lowest BCUT2D eigenvalue weighted by Gasteiger charge is -2.07. The predicted octanol–water partition coefficient (Wildman–Crippen LogP) is 3.15. The molecule has 0 aliphatic heterocycles. The van der Waals surface area contributed by atoms with Crippen LogP contribution in [0.5, 0.6) is 0 Å². The predicted molar refractivity (Wildman–Crippen MR) is 96.2 cm³/mol. The second-order valence-electron chi connectivity index (χ2n) is 5.42. The topological polar surface area (TPSA) is 98.5 Å². The fourth-order valence-electron chi connectivity index (χ4n) is 2.21. The highest BCUT2D eigenvalue weighted by molar-refractivity contribution is 6.32. The van der Waals surface area contributed by atoms with Crippen LogP contribution in [-0.4, -0.2) is 30.0 Å². The van der Waals surface area contributed by atoms with E-state index < -0.39 is 16.8 Å². The molecule has 2 aromatic carbocycles. The normalized spacial score (nSPS) is 10.2. The van der Waals surface area contributed by atoms with E-state index in [4.69, 9.17) is 16.3 Å². The summed E-state index contributed by atoms with van der Waals surface area (Å²) in [5.74, 6) is -1.19. The van der Waals surface area contributed by atoms with Crippen LogP contribution in [0.2, 0.25) is 5.02 Å². The zero-order valence-electron chi connectivity index (χ0n) is 13.8. The maximum atomic E-state index is 12.0. The lowest BCUT2D eigenvalue weighted by molar-refractivity contribution is -0.384. The largest absolute Gasteiger partial charge is 0.464 e. The van der Waals surface area contributed by atoms with Gasteiger partial charge in [0.1, 0.15) is 11.6 Å². The number of carbonyl (C=O) groups is 2. The van der Waals surface area contributed by atoms with Crippen molar-refractivity contribution in [1.29, 1.82) is 0 Å². The fourth-order valence-corrected chi connectivity index (χ4v) is 2.39. The Morgan fingerprint density at radius 3 is 2.58 bits per heavy atom. The summed E-state index contributed by atoms with van der Waals surface area (Å²) in [6.45, 7) is -0.0728. The second-order valence-corrected chi connectivity index (χ2v) is 5.82. The molecule has 0 unspecified atom stereocenters. The van der Waals surface area contributed by atoms with Crippen molar-refractivity contribution in [2.45, 2.75) is 12.8 Å². The number of hydrogen-bond acceptors (Lipinski definition) is 5. The third-order valence-corrected chi connectivity index (χ3v) is 3.83. The molecule has 0 saturated heterocycles. The molecule has 1 amide bonds. The van der Waals surface area contributed by atoms with Gasteiger partial charge in [0.15, 0.2) is 0 Å². The Hall–Kier alpha value is -2.93. The number of rotatable bonds is 8. The Kier molecular flexibility index (Phi) is 7.11. The number of carbonyl (C=O) groups excluding carboxylic acids is 2. The SMILES string of the molecule is O=C(CNC(=O)c1ccc(Cl)c([N+](=O)[O-])c1)OCCCc1ccccc1. The monoisotopic (exact) mass is 376 g/mol. The minimum absolute atomic E-state index is 0.0398. The summed E-state index contributed by atoms with van der Waals surface area (Å²) in [5, 5.41) is 13.1. The second kappa shape index (κ2) is 9.53. The summed E-state index contributed by atoms with van der Waals surface area (Å²) in [5.41, 5.74) is 0.821. The molecule has 0 atom stereocenters. The lowest BCUT2D eigenvalue weighted by atomic mass is 10.1. The summed E-state index contributed by atoms with van der Waals surface area (Å²) in [4.78, 5) is 33.8. The Morgan fingerprint density at radius 2 is 1.88 bits per heavy atom. The van der Waals surface area contributed by atoms with Gasteiger partial charge in [-0.3, -0.25) is 19.7 Å². The first-order valence-corrected chi connectivity index (χ1v) is 8.27. The Morgan fingerprint density at radius 1 is 1.15 bits per heavy atom. The van der Waals surface area contributed by atoms with Crippen molar-refractivity contribution in [3.8, 4) is 0 Å². The van der Waals surface area contributed by atoms with E-state index in [9.17, 15) is 19.7 Å². The Balaban J connectivity index is 1.74. The smallest absolute Gasteiger partial charge is 0.325 e. The van der Waals surface area contributed by atoms with Crippen LogP contribution in [0, 0.1) is 10.1 Å². The number of halogens is 1. The van der Waals surface area contributed by atoms with Gasteiger partial charge in [-0.15, -0.1) is 0 Å². The highest BCUT2D eigenvalue weighted by Crippen LogP contribution is 2.24. The number of ether oxygens (including phenoxy) is 1. The van der Waals surface area contributed by atoms with Crippen LogP contribution in [0.25, 0.3) is 0 Å². The van der Waals surface area contributed by atoms with Crippen LogP contribution < -0.4 is 5.32 Å². The number of esters is 1. The van der Waals surface area contributed by atoms with E-state index in [2.05, 4.69) is 5.32 Å². The summed E-state index contributed by atoms with van der Waals surface area (Å²) in [6.07, 6.45) is 1.46. The molecule has 0 radical (unpaired) electrons. The minimum atomic E-state index is -0.680. The molecule has 0 bridgehead atoms. The van der Waals surface area contributed by atoms with Crippen molar-refractivity contribution in [1.82, 2.24) is 5.32 Å². The first kappa shape index (κ1) is 19.4. The van der Waals surface area contributed by atoms with Gasteiger partial charge in [-0.25, -0.2) is 0 Å². The van der Waals surface area contributed by atoms with Gasteiger partial charge in [-0.05, 0) is 30.5 Å². The molecule has 2 rings (SSSR count). The molecule has 0 aromatic heterocycles. The maximum Gasteiger partial charge on any atom is 0.325 e. The Bertz CT molecular complexity index is 795. The maximum absolute atomic E-state index is 12.0. The number of benzene rings is 2. The average Bonchev–Trinajstić information content (AvgIpc) is 2.64. The van der Waals surface area contributed by atoms with Gasteiger partial charge in [-0.1, -0.05) is 41.9 Å². The molecule has 26 heavy (non-hydrogen) atoms. The summed E-state index contributed by atoms with van der Waals surface area (Å²) >= 11 is 5.69. The van der Waals surface area contributed by atoms with E-state index in [0.717, 1.165) is 18.1 Å². The number of aryl methyl sites for hydroxylation is 1. The molecule has 0 saturated carbocycles. The molecular weight excluding hydrogens is 360 g/mol.